The third kappa shape index (κ3) is 4.49. The number of nitrogens with two attached hydrogens (primary N) is 1. The van der Waals surface area contributed by atoms with Gasteiger partial charge in [0.2, 0.25) is 5.91 Å². The summed E-state index contributed by atoms with van der Waals surface area (Å²) in [5, 5.41) is 3.60. The molecule has 0 radical (unpaired) electrons. The van der Waals surface area contributed by atoms with E-state index in [0.717, 1.165) is 68.3 Å². The smallest absolute Gasteiger partial charge is 0.251 e. The van der Waals surface area contributed by atoms with Crippen LogP contribution in [0.3, 0.4) is 0 Å². The van der Waals surface area contributed by atoms with Gasteiger partial charge in [0, 0.05) is 48.7 Å². The fourth-order valence-electron chi connectivity index (χ4n) is 4.47. The van der Waals surface area contributed by atoms with E-state index in [1.807, 2.05) is 19.9 Å². The molecule has 2 aliphatic rings. The molecular weight excluding hydrogens is 424 g/mol. The number of carbonyl (C=O) groups is 2. The number of amides is 2. The molecule has 0 unspecified atom stereocenters. The first-order valence-electron chi connectivity index (χ1n) is 11.3. The number of aryl methyl sites for hydroxylation is 2. The van der Waals surface area contributed by atoms with Gasteiger partial charge in [0.15, 0.2) is 0 Å². The van der Waals surface area contributed by atoms with Gasteiger partial charge >= 0.3 is 0 Å². The van der Waals surface area contributed by atoms with Crippen molar-refractivity contribution in [3.8, 4) is 0 Å². The minimum Gasteiger partial charge on any atom is -0.365 e. The Labute approximate surface area is 193 Å². The number of thiophene rings is 1. The van der Waals surface area contributed by atoms with E-state index >= 15 is 0 Å². The summed E-state index contributed by atoms with van der Waals surface area (Å²) in [4.78, 5) is 39.9. The van der Waals surface area contributed by atoms with Crippen molar-refractivity contribution in [2.45, 2.75) is 58.9 Å². The van der Waals surface area contributed by atoms with Gasteiger partial charge in [-0.05, 0) is 38.7 Å². The molecule has 2 aromatic heterocycles. The van der Waals surface area contributed by atoms with Crippen molar-refractivity contribution in [1.82, 2.24) is 14.9 Å². The van der Waals surface area contributed by atoms with E-state index in [0.29, 0.717) is 10.6 Å². The molecule has 1 atom stereocenters. The molecule has 32 heavy (non-hydrogen) atoms. The number of hydrogen-bond acceptors (Lipinski definition) is 7. The molecule has 1 fully saturated rings. The van der Waals surface area contributed by atoms with E-state index in [2.05, 4.69) is 33.9 Å². The molecule has 0 bridgehead atoms. The molecule has 0 aromatic carbocycles. The first kappa shape index (κ1) is 22.7. The summed E-state index contributed by atoms with van der Waals surface area (Å²) in [7, 11) is 0. The summed E-state index contributed by atoms with van der Waals surface area (Å²) >= 11 is 1.50. The van der Waals surface area contributed by atoms with Crippen LogP contribution in [0.25, 0.3) is 0 Å². The van der Waals surface area contributed by atoms with Crippen LogP contribution in [0.2, 0.25) is 0 Å². The van der Waals surface area contributed by atoms with Crippen LogP contribution in [0.5, 0.6) is 0 Å². The molecule has 3 N–H and O–H groups in total. The monoisotopic (exact) mass is 456 g/mol. The number of nitrogens with one attached hydrogen (secondary N) is 1. The van der Waals surface area contributed by atoms with E-state index in [1.54, 1.807) is 0 Å². The number of rotatable bonds is 6. The second-order valence-corrected chi connectivity index (χ2v) is 10.1. The minimum atomic E-state index is -0.457. The fraction of sp³-hybridized carbons (Fsp3) is 0.565. The first-order chi connectivity index (χ1) is 15.2. The van der Waals surface area contributed by atoms with Gasteiger partial charge < -0.3 is 16.0 Å². The van der Waals surface area contributed by atoms with E-state index in [9.17, 15) is 9.59 Å². The molecule has 3 heterocycles. The van der Waals surface area contributed by atoms with Crippen LogP contribution in [0.15, 0.2) is 6.07 Å². The van der Waals surface area contributed by atoms with Crippen molar-refractivity contribution in [3.05, 3.63) is 33.6 Å². The molecule has 2 amide bonds. The Morgan fingerprint density at radius 3 is 2.50 bits per heavy atom. The van der Waals surface area contributed by atoms with E-state index < -0.39 is 5.91 Å². The van der Waals surface area contributed by atoms with Crippen LogP contribution >= 0.6 is 11.3 Å². The van der Waals surface area contributed by atoms with Gasteiger partial charge in [0.1, 0.15) is 16.6 Å². The molecule has 1 aliphatic heterocycles. The molecule has 0 spiro atoms. The van der Waals surface area contributed by atoms with Crippen LogP contribution < -0.4 is 16.0 Å². The maximum Gasteiger partial charge on any atom is 0.251 e. The third-order valence-corrected chi connectivity index (χ3v) is 7.55. The Kier molecular flexibility index (Phi) is 6.48. The molecule has 1 saturated heterocycles. The van der Waals surface area contributed by atoms with E-state index in [1.165, 1.54) is 16.2 Å². The lowest BCUT2D eigenvalue weighted by molar-refractivity contribution is -0.120. The lowest BCUT2D eigenvalue weighted by atomic mass is 10.1. The van der Waals surface area contributed by atoms with Gasteiger partial charge in [-0.15, -0.1) is 11.3 Å². The van der Waals surface area contributed by atoms with Gasteiger partial charge in [-0.3, -0.25) is 14.5 Å². The van der Waals surface area contributed by atoms with Crippen LogP contribution in [0.1, 0.15) is 65.4 Å². The first-order valence-corrected chi connectivity index (χ1v) is 12.2. The molecule has 1 aliphatic carbocycles. The lowest BCUT2D eigenvalue weighted by Gasteiger charge is -2.38. The number of anilines is 2. The zero-order valence-corrected chi connectivity index (χ0v) is 20.1. The van der Waals surface area contributed by atoms with Gasteiger partial charge in [0.05, 0.1) is 11.6 Å². The average Bonchev–Trinajstić information content (AvgIpc) is 3.33. The Hall–Kier alpha value is -2.52. The van der Waals surface area contributed by atoms with E-state index in [4.69, 9.17) is 10.7 Å². The Morgan fingerprint density at radius 1 is 1.12 bits per heavy atom. The van der Waals surface area contributed by atoms with Gasteiger partial charge in [-0.25, -0.2) is 9.97 Å². The highest BCUT2D eigenvalue weighted by Gasteiger charge is 2.30. The number of fused-ring (bicyclic) bond motifs is 1. The Morgan fingerprint density at radius 2 is 1.84 bits per heavy atom. The zero-order valence-electron chi connectivity index (χ0n) is 19.3. The molecular formula is C23H32N6O2S. The highest BCUT2D eigenvalue weighted by Crippen LogP contribution is 2.39. The van der Waals surface area contributed by atoms with Gasteiger partial charge in [-0.2, -0.15) is 0 Å². The number of nitrogens with zero attached hydrogens (tertiary/aromatic N) is 4. The summed E-state index contributed by atoms with van der Waals surface area (Å²) in [5.74, 6) is 1.55. The van der Waals surface area contributed by atoms with Crippen molar-refractivity contribution in [2.75, 3.05) is 36.4 Å². The maximum absolute atomic E-state index is 13.0. The summed E-state index contributed by atoms with van der Waals surface area (Å²) in [6.07, 6.45) is 2.86. The molecule has 172 valence electrons. The number of primary amides is 1. The van der Waals surface area contributed by atoms with Crippen molar-refractivity contribution in [2.24, 2.45) is 5.73 Å². The number of aromatic nitrogens is 2. The summed E-state index contributed by atoms with van der Waals surface area (Å²) < 4.78 is 0. The fourth-order valence-corrected chi connectivity index (χ4v) is 5.77. The predicted octanol–water partition coefficient (Wildman–Crippen LogP) is 2.71. The number of hydrogen-bond donors (Lipinski definition) is 2. The SMILES string of the molecule is Cc1cc(N2CCN([C@@H](C)C(=O)Nc3sc4c(c3C(N)=O)CCC4)CC2)nc(C(C)C)n1. The average molecular weight is 457 g/mol. The van der Waals surface area contributed by atoms with Crippen LogP contribution in [-0.4, -0.2) is 58.9 Å². The van der Waals surface area contributed by atoms with Crippen LogP contribution in [0.4, 0.5) is 10.8 Å². The van der Waals surface area contributed by atoms with Crippen molar-refractivity contribution in [1.29, 1.82) is 0 Å². The highest BCUT2D eigenvalue weighted by molar-refractivity contribution is 7.17. The molecule has 4 rings (SSSR count). The summed E-state index contributed by atoms with van der Waals surface area (Å²) in [6, 6.07) is 1.73. The second-order valence-electron chi connectivity index (χ2n) is 8.99. The topological polar surface area (TPSA) is 104 Å². The maximum atomic E-state index is 13.0. The molecule has 0 saturated carbocycles. The van der Waals surface area contributed by atoms with Crippen molar-refractivity contribution >= 4 is 34.0 Å². The largest absolute Gasteiger partial charge is 0.365 e. The number of piperazine rings is 1. The Balaban J connectivity index is 1.39. The summed E-state index contributed by atoms with van der Waals surface area (Å²) in [6.45, 7) is 11.2. The molecule has 8 nitrogen and oxygen atoms in total. The summed E-state index contributed by atoms with van der Waals surface area (Å²) in [5.41, 5.74) is 8.14. The quantitative estimate of drug-likeness (QED) is 0.693. The minimum absolute atomic E-state index is 0.0964. The standard InChI is InChI=1S/C23H32N6O2S/c1-13(2)21-25-14(3)12-18(26-21)29-10-8-28(9-11-29)15(4)22(31)27-23-19(20(24)30)16-6-5-7-17(16)32-23/h12-13,15H,5-11H2,1-4H3,(H2,24,30)(H,27,31)/t15-/m0/s1. The van der Waals surface area contributed by atoms with Crippen molar-refractivity contribution in [3.63, 3.8) is 0 Å². The molecule has 9 heteroatoms. The predicted molar refractivity (Wildman–Crippen MR) is 128 cm³/mol. The Bertz CT molecular complexity index is 1030. The highest BCUT2D eigenvalue weighted by atomic mass is 32.1. The van der Waals surface area contributed by atoms with Crippen molar-refractivity contribution < 1.29 is 9.59 Å². The van der Waals surface area contributed by atoms with Gasteiger partial charge in [0.25, 0.3) is 5.91 Å². The normalized spacial score (nSPS) is 17.5. The van der Waals surface area contributed by atoms with E-state index in [-0.39, 0.29) is 17.9 Å². The van der Waals surface area contributed by atoms with Gasteiger partial charge in [-0.1, -0.05) is 13.8 Å². The second kappa shape index (κ2) is 9.15. The van der Waals surface area contributed by atoms with Crippen LogP contribution in [0, 0.1) is 6.92 Å². The van der Waals surface area contributed by atoms with Crippen LogP contribution in [-0.2, 0) is 17.6 Å². The molecule has 2 aromatic rings. The number of carbonyl (C=O) groups excluding carboxylic acids is 2. The zero-order chi connectivity index (χ0) is 23.0. The lowest BCUT2D eigenvalue weighted by Crippen LogP contribution is -2.53. The third-order valence-electron chi connectivity index (χ3n) is 6.34.